The predicted octanol–water partition coefficient (Wildman–Crippen LogP) is 0.625. The number of carbonyl (C=O) groups excluding carboxylic acids is 1. The van der Waals surface area contributed by atoms with Gasteiger partial charge in [0.1, 0.15) is 5.82 Å². The minimum Gasteiger partial charge on any atom is -0.341 e. The molecule has 0 unspecified atom stereocenters. The molecular weight excluding hydrogens is 166 g/mol. The van der Waals surface area contributed by atoms with Gasteiger partial charge >= 0.3 is 0 Å². The molecule has 0 saturated carbocycles. The van der Waals surface area contributed by atoms with Crippen LogP contribution >= 0.6 is 0 Å². The molecule has 0 bridgehead atoms. The molecule has 1 aromatic rings. The summed E-state index contributed by atoms with van der Waals surface area (Å²) in [7, 11) is 3.70. The first-order valence-electron chi connectivity index (χ1n) is 4.20. The van der Waals surface area contributed by atoms with Gasteiger partial charge in [-0.05, 0) is 13.8 Å². The predicted molar refractivity (Wildman–Crippen MR) is 50.2 cm³/mol. The molecule has 0 aromatic carbocycles. The van der Waals surface area contributed by atoms with E-state index in [4.69, 9.17) is 0 Å². The van der Waals surface area contributed by atoms with Crippen LogP contribution in [0.2, 0.25) is 0 Å². The van der Waals surface area contributed by atoms with E-state index in [9.17, 15) is 4.79 Å². The minimum atomic E-state index is 0.564. The normalized spacial score (nSPS) is 10.2. The Morgan fingerprint density at radius 3 is 2.54 bits per heavy atom. The molecule has 1 amide bonds. The van der Waals surface area contributed by atoms with Crippen molar-refractivity contribution in [3.63, 3.8) is 0 Å². The molecule has 0 aliphatic rings. The van der Waals surface area contributed by atoms with Gasteiger partial charge in [0.15, 0.2) is 0 Å². The standard InChI is InChI=1S/C9H15N3O/c1-7-8(2)12(4)9(10-7)5-11(3)6-13/h6H,5H2,1-4H3. The summed E-state index contributed by atoms with van der Waals surface area (Å²) in [5.41, 5.74) is 2.17. The lowest BCUT2D eigenvalue weighted by Gasteiger charge is -2.09. The molecule has 4 nitrogen and oxygen atoms in total. The third kappa shape index (κ3) is 1.88. The Balaban J connectivity index is 2.89. The first-order valence-corrected chi connectivity index (χ1v) is 4.20. The highest BCUT2D eigenvalue weighted by atomic mass is 16.1. The van der Waals surface area contributed by atoms with Crippen LogP contribution < -0.4 is 0 Å². The topological polar surface area (TPSA) is 38.1 Å². The van der Waals surface area contributed by atoms with Crippen molar-refractivity contribution in [3.8, 4) is 0 Å². The monoisotopic (exact) mass is 181 g/mol. The number of nitrogens with zero attached hydrogens (tertiary/aromatic N) is 3. The molecule has 13 heavy (non-hydrogen) atoms. The van der Waals surface area contributed by atoms with Crippen molar-refractivity contribution in [1.29, 1.82) is 0 Å². The molecule has 0 spiro atoms. The van der Waals surface area contributed by atoms with E-state index in [0.717, 1.165) is 23.6 Å². The van der Waals surface area contributed by atoms with Crippen LogP contribution in [0.4, 0.5) is 0 Å². The summed E-state index contributed by atoms with van der Waals surface area (Å²) in [6.07, 6.45) is 0.805. The molecule has 0 aliphatic heterocycles. The van der Waals surface area contributed by atoms with E-state index in [0.29, 0.717) is 6.54 Å². The molecule has 0 fully saturated rings. The summed E-state index contributed by atoms with van der Waals surface area (Å²) in [6, 6.07) is 0. The lowest BCUT2D eigenvalue weighted by molar-refractivity contribution is -0.117. The van der Waals surface area contributed by atoms with E-state index in [-0.39, 0.29) is 0 Å². The zero-order valence-corrected chi connectivity index (χ0v) is 8.53. The van der Waals surface area contributed by atoms with Crippen molar-refractivity contribution in [2.45, 2.75) is 20.4 Å². The van der Waals surface area contributed by atoms with E-state index in [2.05, 4.69) is 4.98 Å². The van der Waals surface area contributed by atoms with E-state index in [1.54, 1.807) is 11.9 Å². The number of imidazole rings is 1. The maximum Gasteiger partial charge on any atom is 0.209 e. The fraction of sp³-hybridized carbons (Fsp3) is 0.556. The van der Waals surface area contributed by atoms with Crippen LogP contribution in [0.25, 0.3) is 0 Å². The highest BCUT2D eigenvalue weighted by Crippen LogP contribution is 2.08. The van der Waals surface area contributed by atoms with Gasteiger partial charge < -0.3 is 9.47 Å². The quantitative estimate of drug-likeness (QED) is 0.641. The Hall–Kier alpha value is -1.32. The number of amides is 1. The lowest BCUT2D eigenvalue weighted by Crippen LogP contribution is -2.17. The first-order chi connectivity index (χ1) is 6.06. The van der Waals surface area contributed by atoms with Crippen LogP contribution in [0.15, 0.2) is 0 Å². The van der Waals surface area contributed by atoms with Gasteiger partial charge in [-0.1, -0.05) is 0 Å². The zero-order chi connectivity index (χ0) is 10.0. The Morgan fingerprint density at radius 2 is 2.15 bits per heavy atom. The van der Waals surface area contributed by atoms with Gasteiger partial charge in [0.05, 0.1) is 12.2 Å². The summed E-state index contributed by atoms with van der Waals surface area (Å²) in [5, 5.41) is 0. The van der Waals surface area contributed by atoms with Gasteiger partial charge in [-0.25, -0.2) is 4.98 Å². The number of aryl methyl sites for hydroxylation is 1. The van der Waals surface area contributed by atoms with Gasteiger partial charge in [-0.3, -0.25) is 4.79 Å². The van der Waals surface area contributed by atoms with Crippen molar-refractivity contribution in [2.75, 3.05) is 7.05 Å². The highest BCUT2D eigenvalue weighted by Gasteiger charge is 2.08. The summed E-state index contributed by atoms with van der Waals surface area (Å²) >= 11 is 0. The van der Waals surface area contributed by atoms with Crippen molar-refractivity contribution < 1.29 is 4.79 Å². The van der Waals surface area contributed by atoms with Gasteiger partial charge in [0.2, 0.25) is 6.41 Å². The third-order valence-corrected chi connectivity index (χ3v) is 2.28. The Bertz CT molecular complexity index is 317. The lowest BCUT2D eigenvalue weighted by atomic mass is 10.4. The molecule has 72 valence electrons. The van der Waals surface area contributed by atoms with Gasteiger partial charge in [-0.2, -0.15) is 0 Å². The van der Waals surface area contributed by atoms with Crippen molar-refractivity contribution in [2.24, 2.45) is 7.05 Å². The SMILES string of the molecule is Cc1nc(CN(C)C=O)n(C)c1C. The third-order valence-electron chi connectivity index (χ3n) is 2.28. The van der Waals surface area contributed by atoms with E-state index < -0.39 is 0 Å². The molecular formula is C9H15N3O. The molecule has 0 radical (unpaired) electrons. The number of aromatic nitrogens is 2. The second-order valence-electron chi connectivity index (χ2n) is 3.28. The molecule has 1 heterocycles. The second kappa shape index (κ2) is 3.60. The van der Waals surface area contributed by atoms with Crippen LogP contribution in [-0.2, 0) is 18.4 Å². The largest absolute Gasteiger partial charge is 0.341 e. The van der Waals surface area contributed by atoms with Crippen LogP contribution in [0.5, 0.6) is 0 Å². The minimum absolute atomic E-state index is 0.564. The molecule has 4 heteroatoms. The van der Waals surface area contributed by atoms with Gasteiger partial charge in [0, 0.05) is 19.8 Å². The van der Waals surface area contributed by atoms with Crippen LogP contribution in [0.1, 0.15) is 17.2 Å². The molecule has 0 aliphatic carbocycles. The molecule has 1 rings (SSSR count). The number of hydrogen-bond donors (Lipinski definition) is 0. The Labute approximate surface area is 78.2 Å². The van der Waals surface area contributed by atoms with E-state index in [1.807, 2.05) is 25.5 Å². The average Bonchev–Trinajstić information content (AvgIpc) is 2.34. The molecule has 0 atom stereocenters. The van der Waals surface area contributed by atoms with E-state index in [1.165, 1.54) is 0 Å². The van der Waals surface area contributed by atoms with E-state index >= 15 is 0 Å². The Kier molecular flexibility index (Phi) is 2.70. The summed E-state index contributed by atoms with van der Waals surface area (Å²) in [6.45, 7) is 4.56. The first kappa shape index (κ1) is 9.77. The maximum absolute atomic E-state index is 10.4. The van der Waals surface area contributed by atoms with Crippen LogP contribution in [-0.4, -0.2) is 27.9 Å². The summed E-state index contributed by atoms with van der Waals surface area (Å²) in [4.78, 5) is 16.3. The highest BCUT2D eigenvalue weighted by molar-refractivity contribution is 5.46. The maximum atomic E-state index is 10.4. The average molecular weight is 181 g/mol. The second-order valence-corrected chi connectivity index (χ2v) is 3.28. The van der Waals surface area contributed by atoms with Crippen LogP contribution in [0.3, 0.4) is 0 Å². The van der Waals surface area contributed by atoms with Gasteiger partial charge in [-0.15, -0.1) is 0 Å². The summed E-state index contributed by atoms with van der Waals surface area (Å²) in [5.74, 6) is 0.921. The molecule has 1 aromatic heterocycles. The number of carbonyl (C=O) groups is 1. The number of hydrogen-bond acceptors (Lipinski definition) is 2. The van der Waals surface area contributed by atoms with Crippen molar-refractivity contribution in [1.82, 2.24) is 14.5 Å². The van der Waals surface area contributed by atoms with Crippen molar-refractivity contribution >= 4 is 6.41 Å². The van der Waals surface area contributed by atoms with Crippen molar-refractivity contribution in [3.05, 3.63) is 17.2 Å². The fourth-order valence-corrected chi connectivity index (χ4v) is 1.19. The zero-order valence-electron chi connectivity index (χ0n) is 8.53. The smallest absolute Gasteiger partial charge is 0.209 e. The molecule has 0 saturated heterocycles. The Morgan fingerprint density at radius 1 is 1.54 bits per heavy atom. The van der Waals surface area contributed by atoms with Gasteiger partial charge in [0.25, 0.3) is 0 Å². The number of rotatable bonds is 3. The summed E-state index contributed by atoms with van der Waals surface area (Å²) < 4.78 is 2.01. The fourth-order valence-electron chi connectivity index (χ4n) is 1.19. The van der Waals surface area contributed by atoms with Crippen LogP contribution in [0, 0.1) is 13.8 Å². The molecule has 0 N–H and O–H groups in total.